The Morgan fingerprint density at radius 3 is 2.72 bits per heavy atom. The van der Waals surface area contributed by atoms with Gasteiger partial charge in [0.25, 0.3) is 0 Å². The lowest BCUT2D eigenvalue weighted by Gasteiger charge is -2.22. The zero-order valence-corrected chi connectivity index (χ0v) is 16.0. The van der Waals surface area contributed by atoms with Gasteiger partial charge in [0.05, 0.1) is 22.7 Å². The zero-order chi connectivity index (χ0) is 17.6. The molecule has 1 aliphatic carbocycles. The predicted molar refractivity (Wildman–Crippen MR) is 105 cm³/mol. The van der Waals surface area contributed by atoms with Crippen molar-refractivity contribution < 1.29 is 0 Å². The van der Waals surface area contributed by atoms with Crippen LogP contribution in [0.2, 0.25) is 10.0 Å². The summed E-state index contributed by atoms with van der Waals surface area (Å²) in [5.74, 6) is 0. The molecule has 1 fully saturated rings. The average molecular weight is 381 g/mol. The molecular weight excluding hydrogens is 355 g/mol. The molecule has 4 nitrogen and oxygen atoms in total. The van der Waals surface area contributed by atoms with Gasteiger partial charge < -0.3 is 15.6 Å². The van der Waals surface area contributed by atoms with E-state index in [0.29, 0.717) is 22.6 Å². The first-order valence-corrected chi connectivity index (χ1v) is 9.87. The van der Waals surface area contributed by atoms with E-state index in [1.54, 1.807) is 6.07 Å². The first-order valence-electron chi connectivity index (χ1n) is 9.12. The fourth-order valence-corrected chi connectivity index (χ4v) is 4.08. The van der Waals surface area contributed by atoms with Crippen molar-refractivity contribution in [1.29, 1.82) is 0 Å². The second-order valence-corrected chi connectivity index (χ2v) is 7.55. The van der Waals surface area contributed by atoms with E-state index < -0.39 is 0 Å². The van der Waals surface area contributed by atoms with Crippen molar-refractivity contribution >= 4 is 23.2 Å². The molecule has 0 spiro atoms. The Morgan fingerprint density at radius 1 is 1.20 bits per heavy atom. The Bertz CT molecular complexity index is 693. The highest BCUT2D eigenvalue weighted by Crippen LogP contribution is 2.31. The van der Waals surface area contributed by atoms with E-state index in [1.807, 2.05) is 18.5 Å². The third kappa shape index (κ3) is 4.76. The molecule has 1 saturated carbocycles. The van der Waals surface area contributed by atoms with Crippen molar-refractivity contribution in [3.8, 4) is 11.3 Å². The maximum Gasteiger partial charge on any atom is 0.0956 e. The van der Waals surface area contributed by atoms with Crippen molar-refractivity contribution in [2.24, 2.45) is 5.73 Å². The number of rotatable bonds is 7. The second-order valence-electron chi connectivity index (χ2n) is 6.70. The van der Waals surface area contributed by atoms with Crippen LogP contribution in [0.5, 0.6) is 0 Å². The summed E-state index contributed by atoms with van der Waals surface area (Å²) in [6.07, 6.45) is 9.68. The highest BCUT2D eigenvalue weighted by Gasteiger charge is 2.15. The first kappa shape index (κ1) is 18.7. The average Bonchev–Trinajstić information content (AvgIpc) is 3.02. The van der Waals surface area contributed by atoms with Crippen molar-refractivity contribution in [3.05, 3.63) is 40.3 Å². The van der Waals surface area contributed by atoms with Crippen LogP contribution in [0.25, 0.3) is 11.3 Å². The number of hydrogen-bond acceptors (Lipinski definition) is 3. The highest BCUT2D eigenvalue weighted by molar-refractivity contribution is 6.36. The van der Waals surface area contributed by atoms with Gasteiger partial charge in [-0.2, -0.15) is 0 Å². The third-order valence-corrected chi connectivity index (χ3v) is 5.49. The molecule has 1 aromatic heterocycles. The second kappa shape index (κ2) is 9.04. The molecule has 1 aromatic carbocycles. The van der Waals surface area contributed by atoms with Gasteiger partial charge in [0.15, 0.2) is 0 Å². The van der Waals surface area contributed by atoms with Gasteiger partial charge in [-0.3, -0.25) is 0 Å². The smallest absolute Gasteiger partial charge is 0.0956 e. The molecule has 0 radical (unpaired) electrons. The number of nitrogens with zero attached hydrogens (tertiary/aromatic N) is 2. The normalized spacial score (nSPS) is 15.6. The number of benzene rings is 1. The quantitative estimate of drug-likeness (QED) is 0.688. The topological polar surface area (TPSA) is 55.9 Å². The molecule has 6 heteroatoms. The number of aromatic nitrogens is 2. The van der Waals surface area contributed by atoms with Crippen LogP contribution in [0.4, 0.5) is 0 Å². The molecule has 0 saturated heterocycles. The SMILES string of the molecule is NCc1c(-c2ccc(Cl)cc2Cl)ncn1CCCNC1CCCCC1. The molecule has 1 aliphatic rings. The minimum atomic E-state index is 0.435. The monoisotopic (exact) mass is 380 g/mol. The maximum atomic E-state index is 6.33. The molecule has 2 aromatic rings. The number of nitrogens with two attached hydrogens (primary N) is 1. The summed E-state index contributed by atoms with van der Waals surface area (Å²) >= 11 is 12.3. The molecule has 3 rings (SSSR count). The molecule has 0 atom stereocenters. The van der Waals surface area contributed by atoms with Gasteiger partial charge in [0.2, 0.25) is 0 Å². The van der Waals surface area contributed by atoms with Crippen LogP contribution in [0, 0.1) is 0 Å². The summed E-state index contributed by atoms with van der Waals surface area (Å²) in [6, 6.07) is 6.18. The maximum absolute atomic E-state index is 6.33. The van der Waals surface area contributed by atoms with E-state index in [9.17, 15) is 0 Å². The molecule has 0 amide bonds. The van der Waals surface area contributed by atoms with Gasteiger partial charge in [-0.1, -0.05) is 42.5 Å². The van der Waals surface area contributed by atoms with E-state index in [-0.39, 0.29) is 0 Å². The van der Waals surface area contributed by atoms with Crippen molar-refractivity contribution in [2.75, 3.05) is 6.54 Å². The molecule has 136 valence electrons. The summed E-state index contributed by atoms with van der Waals surface area (Å²) in [6.45, 7) is 2.37. The van der Waals surface area contributed by atoms with Crippen LogP contribution >= 0.6 is 23.2 Å². The fraction of sp³-hybridized carbons (Fsp3) is 0.526. The van der Waals surface area contributed by atoms with Gasteiger partial charge >= 0.3 is 0 Å². The molecule has 0 aliphatic heterocycles. The van der Waals surface area contributed by atoms with Gasteiger partial charge in [0.1, 0.15) is 0 Å². The summed E-state index contributed by atoms with van der Waals surface area (Å²) in [5.41, 5.74) is 8.74. The number of imidazole rings is 1. The van der Waals surface area contributed by atoms with Gasteiger partial charge in [-0.15, -0.1) is 0 Å². The van der Waals surface area contributed by atoms with Crippen LogP contribution in [0.15, 0.2) is 24.5 Å². The molecule has 25 heavy (non-hydrogen) atoms. The Balaban J connectivity index is 1.61. The molecule has 0 bridgehead atoms. The van der Waals surface area contributed by atoms with Crippen molar-refractivity contribution in [2.45, 2.75) is 57.7 Å². The first-order chi connectivity index (χ1) is 12.2. The summed E-state index contributed by atoms with van der Waals surface area (Å²) in [7, 11) is 0. The van der Waals surface area contributed by atoms with E-state index >= 15 is 0 Å². The van der Waals surface area contributed by atoms with Gasteiger partial charge in [0, 0.05) is 29.7 Å². The molecule has 0 unspecified atom stereocenters. The zero-order valence-electron chi connectivity index (χ0n) is 14.5. The number of nitrogens with one attached hydrogen (secondary N) is 1. The molecule has 1 heterocycles. The van der Waals surface area contributed by atoms with Gasteiger partial charge in [-0.25, -0.2) is 4.98 Å². The number of aryl methyl sites for hydroxylation is 1. The minimum absolute atomic E-state index is 0.435. The summed E-state index contributed by atoms with van der Waals surface area (Å²) in [4.78, 5) is 4.55. The van der Waals surface area contributed by atoms with E-state index in [0.717, 1.165) is 36.5 Å². The summed E-state index contributed by atoms with van der Waals surface area (Å²) < 4.78 is 2.14. The van der Waals surface area contributed by atoms with Crippen LogP contribution in [-0.4, -0.2) is 22.1 Å². The standard InChI is InChI=1S/C19H26Cl2N4/c20-14-7-8-16(17(21)11-14)19-18(12-22)25(13-24-19)10-4-9-23-15-5-2-1-3-6-15/h7-8,11,13,15,23H,1-6,9-10,12,22H2. The lowest BCUT2D eigenvalue weighted by molar-refractivity contribution is 0.368. The third-order valence-electron chi connectivity index (χ3n) is 4.94. The lowest BCUT2D eigenvalue weighted by atomic mass is 9.95. The van der Waals surface area contributed by atoms with Crippen molar-refractivity contribution in [1.82, 2.24) is 14.9 Å². The molecular formula is C19H26Cl2N4. The number of hydrogen-bond donors (Lipinski definition) is 2. The Morgan fingerprint density at radius 2 is 2.00 bits per heavy atom. The number of halogens is 2. The van der Waals surface area contributed by atoms with Crippen LogP contribution < -0.4 is 11.1 Å². The largest absolute Gasteiger partial charge is 0.333 e. The minimum Gasteiger partial charge on any atom is -0.333 e. The fourth-order valence-electron chi connectivity index (χ4n) is 3.58. The van der Waals surface area contributed by atoms with Crippen molar-refractivity contribution in [3.63, 3.8) is 0 Å². The van der Waals surface area contributed by atoms with E-state index in [2.05, 4.69) is 14.9 Å². The predicted octanol–water partition coefficient (Wildman–Crippen LogP) is 4.63. The molecule has 3 N–H and O–H groups in total. The Hall–Kier alpha value is -1.07. The summed E-state index contributed by atoms with van der Waals surface area (Å²) in [5, 5.41) is 4.91. The highest BCUT2D eigenvalue weighted by atomic mass is 35.5. The van der Waals surface area contributed by atoms with Gasteiger partial charge in [-0.05, 0) is 44.0 Å². The van der Waals surface area contributed by atoms with Crippen LogP contribution in [0.3, 0.4) is 0 Å². The van der Waals surface area contributed by atoms with Crippen LogP contribution in [0.1, 0.15) is 44.2 Å². The Kier molecular flexibility index (Phi) is 6.77. The Labute approximate surface area is 159 Å². The van der Waals surface area contributed by atoms with E-state index in [1.165, 1.54) is 32.1 Å². The lowest BCUT2D eigenvalue weighted by Crippen LogP contribution is -2.32. The van der Waals surface area contributed by atoms with Crippen LogP contribution in [-0.2, 0) is 13.1 Å². The van der Waals surface area contributed by atoms with E-state index in [4.69, 9.17) is 28.9 Å².